The molecule has 0 saturated carbocycles. The highest BCUT2D eigenvalue weighted by molar-refractivity contribution is 5.89. The normalized spacial score (nSPS) is 9.89. The van der Waals surface area contributed by atoms with Gasteiger partial charge in [-0.25, -0.2) is 0 Å². The summed E-state index contributed by atoms with van der Waals surface area (Å²) in [6.45, 7) is 5.44. The molecule has 0 saturated heterocycles. The number of carbonyl (C=O) groups excluding carboxylic acids is 1. The molecule has 0 N–H and O–H groups in total. The fourth-order valence-corrected chi connectivity index (χ4v) is 0.505. The third-order valence-electron chi connectivity index (χ3n) is 0.915. The van der Waals surface area contributed by atoms with E-state index in [2.05, 4.69) is 6.58 Å². The molecular weight excluding hydrogens is 112 g/mol. The van der Waals surface area contributed by atoms with Gasteiger partial charge in [0.2, 0.25) is 0 Å². The second-order valence-electron chi connectivity index (χ2n) is 1.81. The fraction of sp³-hybridized carbons (Fsp3) is 0.375. The van der Waals surface area contributed by atoms with E-state index in [-0.39, 0.29) is 5.78 Å². The second-order valence-corrected chi connectivity index (χ2v) is 1.81. The molecule has 0 amide bonds. The second kappa shape index (κ2) is 5.29. The summed E-state index contributed by atoms with van der Waals surface area (Å²) < 4.78 is 0. The van der Waals surface area contributed by atoms with Gasteiger partial charge in [0.15, 0.2) is 5.78 Å². The van der Waals surface area contributed by atoms with Crippen molar-refractivity contribution in [3.63, 3.8) is 0 Å². The summed E-state index contributed by atoms with van der Waals surface area (Å²) in [6, 6.07) is 0. The smallest absolute Gasteiger partial charge is 0.155 e. The maximum absolute atomic E-state index is 10.7. The molecule has 0 spiro atoms. The molecule has 0 aromatic rings. The van der Waals surface area contributed by atoms with Crippen LogP contribution in [0.1, 0.15) is 19.8 Å². The Morgan fingerprint density at radius 2 is 2.33 bits per heavy atom. The molecule has 0 aliphatic carbocycles. The molecule has 0 bridgehead atoms. The standard InChI is InChI=1S/C8H12O/c1-3-5-7-8(9)6-4-2/h3,5,7H,1,4,6H2,2H3/b7-5-. The number of hydrogen-bond acceptors (Lipinski definition) is 1. The largest absolute Gasteiger partial charge is 0.295 e. The van der Waals surface area contributed by atoms with Gasteiger partial charge in [-0.3, -0.25) is 4.79 Å². The number of allylic oxidation sites excluding steroid dienone is 3. The van der Waals surface area contributed by atoms with Crippen LogP contribution in [0.4, 0.5) is 0 Å². The van der Waals surface area contributed by atoms with E-state index in [1.54, 1.807) is 18.2 Å². The third-order valence-corrected chi connectivity index (χ3v) is 0.915. The minimum absolute atomic E-state index is 0.178. The van der Waals surface area contributed by atoms with Crippen LogP contribution in [0.25, 0.3) is 0 Å². The van der Waals surface area contributed by atoms with Gasteiger partial charge in [-0.15, -0.1) is 0 Å². The van der Waals surface area contributed by atoms with E-state index >= 15 is 0 Å². The maximum Gasteiger partial charge on any atom is 0.155 e. The Balaban J connectivity index is 3.49. The summed E-state index contributed by atoms with van der Waals surface area (Å²) in [5.74, 6) is 0.178. The molecule has 0 aromatic heterocycles. The van der Waals surface area contributed by atoms with Crippen molar-refractivity contribution >= 4 is 5.78 Å². The Labute approximate surface area is 56.1 Å². The lowest BCUT2D eigenvalue weighted by Crippen LogP contribution is -1.88. The highest BCUT2D eigenvalue weighted by Crippen LogP contribution is 1.89. The van der Waals surface area contributed by atoms with E-state index in [1.807, 2.05) is 6.92 Å². The molecule has 50 valence electrons. The van der Waals surface area contributed by atoms with Crippen molar-refractivity contribution < 1.29 is 4.79 Å². The van der Waals surface area contributed by atoms with Crippen LogP contribution < -0.4 is 0 Å². The molecule has 0 aliphatic rings. The van der Waals surface area contributed by atoms with Gasteiger partial charge in [-0.05, 0) is 12.5 Å². The molecule has 0 aliphatic heterocycles. The maximum atomic E-state index is 10.7. The molecular formula is C8H12O. The van der Waals surface area contributed by atoms with Gasteiger partial charge < -0.3 is 0 Å². The van der Waals surface area contributed by atoms with Gasteiger partial charge in [0, 0.05) is 6.42 Å². The van der Waals surface area contributed by atoms with Crippen LogP contribution >= 0.6 is 0 Å². The van der Waals surface area contributed by atoms with E-state index in [9.17, 15) is 4.79 Å². The van der Waals surface area contributed by atoms with Crippen LogP contribution in [0.5, 0.6) is 0 Å². The molecule has 0 unspecified atom stereocenters. The van der Waals surface area contributed by atoms with Gasteiger partial charge in [0.25, 0.3) is 0 Å². The van der Waals surface area contributed by atoms with Crippen LogP contribution in [-0.4, -0.2) is 5.78 Å². The first kappa shape index (κ1) is 8.15. The minimum Gasteiger partial charge on any atom is -0.295 e. The lowest BCUT2D eigenvalue weighted by Gasteiger charge is -1.85. The Hall–Kier alpha value is -0.850. The zero-order valence-electron chi connectivity index (χ0n) is 5.76. The molecule has 1 nitrogen and oxygen atoms in total. The van der Waals surface area contributed by atoms with Crippen LogP contribution in [0.15, 0.2) is 24.8 Å². The Bertz CT molecular complexity index is 123. The number of ketones is 1. The van der Waals surface area contributed by atoms with Crippen molar-refractivity contribution in [2.75, 3.05) is 0 Å². The first-order chi connectivity index (χ1) is 4.31. The van der Waals surface area contributed by atoms with Crippen LogP contribution in [0, 0.1) is 0 Å². The molecule has 0 fully saturated rings. The summed E-state index contributed by atoms with van der Waals surface area (Å²) in [7, 11) is 0. The molecule has 0 radical (unpaired) electrons. The van der Waals surface area contributed by atoms with Crippen LogP contribution in [0.3, 0.4) is 0 Å². The Morgan fingerprint density at radius 3 is 2.78 bits per heavy atom. The van der Waals surface area contributed by atoms with Gasteiger partial charge in [-0.1, -0.05) is 25.7 Å². The summed E-state index contributed by atoms with van der Waals surface area (Å²) in [5, 5.41) is 0. The van der Waals surface area contributed by atoms with E-state index in [0.29, 0.717) is 6.42 Å². The van der Waals surface area contributed by atoms with Gasteiger partial charge >= 0.3 is 0 Å². The monoisotopic (exact) mass is 124 g/mol. The SMILES string of the molecule is C=C/C=C\C(=O)CCC. The summed E-state index contributed by atoms with van der Waals surface area (Å²) >= 11 is 0. The first-order valence-corrected chi connectivity index (χ1v) is 3.13. The zero-order valence-corrected chi connectivity index (χ0v) is 5.76. The van der Waals surface area contributed by atoms with Gasteiger partial charge in [-0.2, -0.15) is 0 Å². The van der Waals surface area contributed by atoms with Crippen molar-refractivity contribution in [3.05, 3.63) is 24.8 Å². The predicted molar refractivity (Wildman–Crippen MR) is 39.3 cm³/mol. The molecule has 0 aromatic carbocycles. The van der Waals surface area contributed by atoms with Crippen LogP contribution in [0.2, 0.25) is 0 Å². The summed E-state index contributed by atoms with van der Waals surface area (Å²) in [4.78, 5) is 10.7. The van der Waals surface area contributed by atoms with E-state index in [0.717, 1.165) is 6.42 Å². The fourth-order valence-electron chi connectivity index (χ4n) is 0.505. The van der Waals surface area contributed by atoms with Crippen molar-refractivity contribution in [3.8, 4) is 0 Å². The van der Waals surface area contributed by atoms with Crippen LogP contribution in [-0.2, 0) is 4.79 Å². The minimum atomic E-state index is 0.178. The third kappa shape index (κ3) is 5.01. The molecule has 1 heteroatoms. The quantitative estimate of drug-likeness (QED) is 0.414. The van der Waals surface area contributed by atoms with E-state index < -0.39 is 0 Å². The molecule has 0 heterocycles. The lowest BCUT2D eigenvalue weighted by molar-refractivity contribution is -0.114. The molecule has 0 rings (SSSR count). The Kier molecular flexibility index (Phi) is 4.79. The number of hydrogen-bond donors (Lipinski definition) is 0. The summed E-state index contributed by atoms with van der Waals surface area (Å²) in [6.07, 6.45) is 6.38. The zero-order chi connectivity index (χ0) is 7.11. The average Bonchev–Trinajstić information content (AvgIpc) is 1.85. The first-order valence-electron chi connectivity index (χ1n) is 3.13. The highest BCUT2D eigenvalue weighted by atomic mass is 16.1. The summed E-state index contributed by atoms with van der Waals surface area (Å²) in [5.41, 5.74) is 0. The Morgan fingerprint density at radius 1 is 1.67 bits per heavy atom. The van der Waals surface area contributed by atoms with E-state index in [4.69, 9.17) is 0 Å². The highest BCUT2D eigenvalue weighted by Gasteiger charge is 1.89. The van der Waals surface area contributed by atoms with Gasteiger partial charge in [0.05, 0.1) is 0 Å². The lowest BCUT2D eigenvalue weighted by atomic mass is 10.2. The van der Waals surface area contributed by atoms with Crippen molar-refractivity contribution in [2.45, 2.75) is 19.8 Å². The number of rotatable bonds is 4. The van der Waals surface area contributed by atoms with Gasteiger partial charge in [0.1, 0.15) is 0 Å². The molecule has 0 atom stereocenters. The van der Waals surface area contributed by atoms with Crippen molar-refractivity contribution in [2.24, 2.45) is 0 Å². The predicted octanol–water partition coefficient (Wildman–Crippen LogP) is 2.10. The average molecular weight is 124 g/mol. The van der Waals surface area contributed by atoms with E-state index in [1.165, 1.54) is 0 Å². The number of carbonyl (C=O) groups is 1. The topological polar surface area (TPSA) is 17.1 Å². The van der Waals surface area contributed by atoms with Crippen molar-refractivity contribution in [1.82, 2.24) is 0 Å². The molecule has 9 heavy (non-hydrogen) atoms. The van der Waals surface area contributed by atoms with Crippen molar-refractivity contribution in [1.29, 1.82) is 0 Å².